The number of hydrogen-bond acceptors (Lipinski definition) is 8. The van der Waals surface area contributed by atoms with Gasteiger partial charge in [0.15, 0.2) is 0 Å². The molecule has 0 unspecified atom stereocenters. The first-order valence-corrected chi connectivity index (χ1v) is 10.7. The van der Waals surface area contributed by atoms with E-state index in [4.69, 9.17) is 4.52 Å². The molecular formula is C19H22N6O2S. The molecule has 0 amide bonds. The number of pyridine rings is 1. The summed E-state index contributed by atoms with van der Waals surface area (Å²) in [5.74, 6) is -0.0457. The number of nitriles is 1. The molecule has 4 rings (SSSR count). The zero-order chi connectivity index (χ0) is 19.3. The van der Waals surface area contributed by atoms with Gasteiger partial charge in [-0.3, -0.25) is 4.52 Å². The van der Waals surface area contributed by atoms with Gasteiger partial charge in [0.05, 0.1) is 23.4 Å². The quantitative estimate of drug-likeness (QED) is 0.324. The summed E-state index contributed by atoms with van der Waals surface area (Å²) >= 11 is 1.25. The fourth-order valence-corrected chi connectivity index (χ4v) is 4.34. The van der Waals surface area contributed by atoms with Crippen LogP contribution in [-0.4, -0.2) is 35.0 Å². The molecule has 1 saturated heterocycles. The number of nitrogens with zero attached hydrogens (tertiary/aromatic N) is 6. The van der Waals surface area contributed by atoms with Gasteiger partial charge in [-0.2, -0.15) is 10.3 Å². The fourth-order valence-electron chi connectivity index (χ4n) is 3.58. The van der Waals surface area contributed by atoms with Crippen LogP contribution in [-0.2, 0) is 12.8 Å². The molecule has 0 aromatic carbocycles. The minimum absolute atomic E-state index is 0.102. The predicted octanol–water partition coefficient (Wildman–Crippen LogP) is 1.41. The molecule has 0 atom stereocenters. The second kappa shape index (κ2) is 8.61. The first kappa shape index (κ1) is 18.7. The Kier molecular flexibility index (Phi) is 5.76. The van der Waals surface area contributed by atoms with Crippen molar-refractivity contribution in [1.29, 1.82) is 5.26 Å². The number of hydrogen-bond donors (Lipinski definition) is 0. The Morgan fingerprint density at radius 2 is 2.11 bits per heavy atom. The molecule has 1 fully saturated rings. The van der Waals surface area contributed by atoms with Crippen molar-refractivity contribution in [2.24, 2.45) is 4.99 Å². The monoisotopic (exact) mass is 398 g/mol. The van der Waals surface area contributed by atoms with Gasteiger partial charge in [0.2, 0.25) is 5.27 Å². The average molecular weight is 398 g/mol. The van der Waals surface area contributed by atoms with Crippen LogP contribution in [0.3, 0.4) is 0 Å². The van der Waals surface area contributed by atoms with Crippen molar-refractivity contribution in [3.63, 3.8) is 0 Å². The molecule has 9 heteroatoms. The second-order valence-electron chi connectivity index (χ2n) is 7.04. The van der Waals surface area contributed by atoms with Gasteiger partial charge < -0.3 is 5.11 Å². The molecule has 8 nitrogen and oxygen atoms in total. The van der Waals surface area contributed by atoms with Crippen LogP contribution in [0.15, 0.2) is 26.8 Å². The third-order valence-corrected chi connectivity index (χ3v) is 6.00. The normalized spacial score (nSPS) is 17.2. The van der Waals surface area contributed by atoms with Gasteiger partial charge >= 0.3 is 5.88 Å². The first-order chi connectivity index (χ1) is 13.7. The highest BCUT2D eigenvalue weighted by molar-refractivity contribution is 7.99. The van der Waals surface area contributed by atoms with E-state index in [1.54, 1.807) is 11.0 Å². The Morgan fingerprint density at radius 1 is 1.29 bits per heavy atom. The molecule has 0 bridgehead atoms. The molecule has 3 heterocycles. The smallest absolute Gasteiger partial charge is 0.324 e. The predicted molar refractivity (Wildman–Crippen MR) is 102 cm³/mol. The van der Waals surface area contributed by atoms with Crippen molar-refractivity contribution in [3.05, 3.63) is 29.1 Å². The fraction of sp³-hybridized carbons (Fsp3) is 0.526. The van der Waals surface area contributed by atoms with E-state index in [9.17, 15) is 10.4 Å². The van der Waals surface area contributed by atoms with Crippen molar-refractivity contribution < 1.29 is 14.4 Å². The van der Waals surface area contributed by atoms with E-state index in [0.717, 1.165) is 62.9 Å². The van der Waals surface area contributed by atoms with E-state index in [0.29, 0.717) is 10.6 Å². The van der Waals surface area contributed by atoms with Gasteiger partial charge in [0, 0.05) is 11.4 Å². The van der Waals surface area contributed by atoms with Crippen molar-refractivity contribution in [3.8, 4) is 6.07 Å². The highest BCUT2D eigenvalue weighted by Crippen LogP contribution is 2.27. The third kappa shape index (κ3) is 4.28. The Bertz CT molecular complexity index is 914. The van der Waals surface area contributed by atoms with Crippen LogP contribution in [0.25, 0.3) is 0 Å². The number of aryl methyl sites for hydroxylation is 2. The Balaban J connectivity index is 1.42. The lowest BCUT2D eigenvalue weighted by Crippen LogP contribution is -2.60. The zero-order valence-corrected chi connectivity index (χ0v) is 16.5. The maximum Gasteiger partial charge on any atom is 0.324 e. The summed E-state index contributed by atoms with van der Waals surface area (Å²) in [7, 11) is 0. The Hall–Kier alpha value is -2.60. The van der Waals surface area contributed by atoms with E-state index >= 15 is 0 Å². The van der Waals surface area contributed by atoms with Crippen molar-refractivity contribution in [1.82, 2.24) is 10.3 Å². The lowest BCUT2D eigenvalue weighted by Gasteiger charge is -2.17. The average Bonchev–Trinajstić information content (AvgIpc) is 3.20. The molecule has 1 aliphatic heterocycles. The number of fused-ring (bicyclic) bond motifs is 1. The summed E-state index contributed by atoms with van der Waals surface area (Å²) in [5, 5.41) is 28.3. The van der Waals surface area contributed by atoms with E-state index < -0.39 is 0 Å². The molecule has 0 N–H and O–H groups in total. The highest BCUT2D eigenvalue weighted by Gasteiger charge is 2.22. The summed E-state index contributed by atoms with van der Waals surface area (Å²) < 4.78 is 5.17. The highest BCUT2D eigenvalue weighted by atomic mass is 32.2. The molecule has 1 aliphatic carbocycles. The maximum absolute atomic E-state index is 12.3. The van der Waals surface area contributed by atoms with Crippen molar-refractivity contribution in [2.75, 3.05) is 23.9 Å². The summed E-state index contributed by atoms with van der Waals surface area (Å²) in [6.45, 7) is 1.84. The number of aromatic nitrogens is 3. The largest absolute Gasteiger partial charge is 0.861 e. The van der Waals surface area contributed by atoms with Crippen LogP contribution in [0.5, 0.6) is 0 Å². The SMILES string of the molecule is N#Cc1cc2c(nc1SC/C([O-])=N/c1c[n+](N3CCCCC3)no1)CCCC2. The molecule has 2 aromatic rings. The van der Waals surface area contributed by atoms with Gasteiger partial charge in [0.25, 0.3) is 6.20 Å². The standard InChI is InChI=1S/C19H22N6O2S/c20-11-15-10-14-6-2-3-7-16(14)21-19(15)28-13-17(26)22-18-12-25(23-27-18)24-8-4-1-5-9-24/h10,12H,1-9,13H2. The van der Waals surface area contributed by atoms with E-state index in [1.807, 2.05) is 6.07 Å². The minimum Gasteiger partial charge on any atom is -0.861 e. The van der Waals surface area contributed by atoms with Gasteiger partial charge in [-0.15, -0.1) is 0 Å². The second-order valence-corrected chi connectivity index (χ2v) is 8.00. The molecule has 2 aromatic heterocycles. The Labute approximate surface area is 167 Å². The first-order valence-electron chi connectivity index (χ1n) is 9.67. The molecule has 0 spiro atoms. The van der Waals surface area contributed by atoms with Crippen LogP contribution >= 0.6 is 11.8 Å². The van der Waals surface area contributed by atoms with Gasteiger partial charge in [-0.1, -0.05) is 11.8 Å². The van der Waals surface area contributed by atoms with Crippen molar-refractivity contribution in [2.45, 2.75) is 50.0 Å². The van der Waals surface area contributed by atoms with E-state index in [-0.39, 0.29) is 17.5 Å². The molecule has 0 saturated carbocycles. The topological polar surface area (TPSA) is 105 Å². The number of piperidine rings is 1. The zero-order valence-electron chi connectivity index (χ0n) is 15.6. The molecular weight excluding hydrogens is 376 g/mol. The lowest BCUT2D eigenvalue weighted by atomic mass is 9.95. The number of aliphatic imine (C=N–C) groups is 1. The third-order valence-electron chi connectivity index (χ3n) is 5.02. The molecule has 146 valence electrons. The van der Waals surface area contributed by atoms with Crippen LogP contribution in [0.4, 0.5) is 5.88 Å². The lowest BCUT2D eigenvalue weighted by molar-refractivity contribution is -0.759. The van der Waals surface area contributed by atoms with Gasteiger partial charge in [-0.05, 0) is 62.5 Å². The Morgan fingerprint density at radius 3 is 2.93 bits per heavy atom. The van der Waals surface area contributed by atoms with Gasteiger partial charge in [0.1, 0.15) is 11.1 Å². The van der Waals surface area contributed by atoms with Crippen LogP contribution in [0.1, 0.15) is 48.9 Å². The summed E-state index contributed by atoms with van der Waals surface area (Å²) in [6.07, 6.45) is 9.26. The molecule has 28 heavy (non-hydrogen) atoms. The van der Waals surface area contributed by atoms with Crippen LogP contribution < -0.4 is 14.9 Å². The van der Waals surface area contributed by atoms with E-state index in [1.165, 1.54) is 18.2 Å². The maximum atomic E-state index is 12.3. The van der Waals surface area contributed by atoms with Crippen LogP contribution in [0, 0.1) is 11.3 Å². The van der Waals surface area contributed by atoms with E-state index in [2.05, 4.69) is 26.3 Å². The summed E-state index contributed by atoms with van der Waals surface area (Å²) in [6, 6.07) is 4.12. The molecule has 2 aliphatic rings. The molecule has 0 radical (unpaired) electrons. The van der Waals surface area contributed by atoms with Crippen LogP contribution in [0.2, 0.25) is 0 Å². The van der Waals surface area contributed by atoms with Gasteiger partial charge in [-0.25, -0.2) is 9.98 Å². The number of rotatable bonds is 5. The van der Waals surface area contributed by atoms with Crippen molar-refractivity contribution >= 4 is 23.5 Å². The summed E-state index contributed by atoms with van der Waals surface area (Å²) in [5.41, 5.74) is 2.74. The summed E-state index contributed by atoms with van der Waals surface area (Å²) in [4.78, 5) is 10.2. The number of thioether (sulfide) groups is 1. The minimum atomic E-state index is -0.338.